The van der Waals surface area contributed by atoms with E-state index in [1.807, 2.05) is 6.07 Å². The van der Waals surface area contributed by atoms with Crippen molar-refractivity contribution >= 4 is 33.9 Å². The number of rotatable bonds is 7. The number of carboxylic acid groups (broad SMARTS) is 1. The topological polar surface area (TPSA) is 75.6 Å². The molecule has 1 aromatic carbocycles. The molecule has 108 valence electrons. The Hall–Kier alpha value is -1.82. The molecule has 1 rings (SSSR count). The molecule has 2 N–H and O–H groups in total. The van der Waals surface area contributed by atoms with E-state index in [4.69, 9.17) is 9.84 Å². The lowest BCUT2D eigenvalue weighted by atomic mass is 10.2. The molecule has 0 aliphatic rings. The van der Waals surface area contributed by atoms with E-state index in [0.717, 1.165) is 10.5 Å². The lowest BCUT2D eigenvalue weighted by Gasteiger charge is -2.09. The van der Waals surface area contributed by atoms with E-state index >= 15 is 0 Å². The van der Waals surface area contributed by atoms with Gasteiger partial charge in [0.15, 0.2) is 0 Å². The van der Waals surface area contributed by atoms with Crippen molar-refractivity contribution in [3.8, 4) is 5.75 Å². The highest BCUT2D eigenvalue weighted by atomic mass is 79.9. The van der Waals surface area contributed by atoms with Crippen LogP contribution in [0.15, 0.2) is 28.7 Å². The highest BCUT2D eigenvalue weighted by Gasteiger charge is 2.04. The minimum absolute atomic E-state index is 0.0320. The van der Waals surface area contributed by atoms with E-state index in [-0.39, 0.29) is 5.91 Å². The molecule has 20 heavy (non-hydrogen) atoms. The molecule has 0 aliphatic carbocycles. The van der Waals surface area contributed by atoms with Crippen LogP contribution in [-0.2, 0) is 9.59 Å². The molecule has 0 unspecified atom stereocenters. The van der Waals surface area contributed by atoms with Crippen LogP contribution >= 0.6 is 15.9 Å². The smallest absolute Gasteiger partial charge is 0.328 e. The van der Waals surface area contributed by atoms with Gasteiger partial charge in [-0.15, -0.1) is 0 Å². The molecule has 0 saturated carbocycles. The van der Waals surface area contributed by atoms with Crippen molar-refractivity contribution in [3.63, 3.8) is 0 Å². The second kappa shape index (κ2) is 8.37. The van der Waals surface area contributed by atoms with Gasteiger partial charge in [0.05, 0.1) is 6.61 Å². The number of benzene rings is 1. The molecular formula is C14H16BrNO4. The zero-order valence-electron chi connectivity index (χ0n) is 11.1. The molecular weight excluding hydrogens is 326 g/mol. The van der Waals surface area contributed by atoms with Crippen molar-refractivity contribution < 1.29 is 19.4 Å². The lowest BCUT2D eigenvalue weighted by Crippen LogP contribution is -2.18. The highest BCUT2D eigenvalue weighted by Crippen LogP contribution is 2.24. The van der Waals surface area contributed by atoms with Gasteiger partial charge in [0.25, 0.3) is 0 Å². The number of carboxylic acids is 1. The maximum atomic E-state index is 11.1. The van der Waals surface area contributed by atoms with E-state index in [2.05, 4.69) is 21.2 Å². The molecule has 0 aromatic heterocycles. The van der Waals surface area contributed by atoms with Gasteiger partial charge in [0.1, 0.15) is 5.75 Å². The van der Waals surface area contributed by atoms with Gasteiger partial charge >= 0.3 is 5.97 Å². The zero-order valence-corrected chi connectivity index (χ0v) is 12.6. The quantitative estimate of drug-likeness (QED) is 0.590. The Bertz CT molecular complexity index is 514. The van der Waals surface area contributed by atoms with Crippen LogP contribution in [0.1, 0.15) is 18.4 Å². The Morgan fingerprint density at radius 1 is 1.45 bits per heavy atom. The molecule has 5 nitrogen and oxygen atoms in total. The minimum Gasteiger partial charge on any atom is -0.493 e. The fourth-order valence-electron chi connectivity index (χ4n) is 1.48. The van der Waals surface area contributed by atoms with Crippen LogP contribution in [0.5, 0.6) is 5.75 Å². The summed E-state index contributed by atoms with van der Waals surface area (Å²) in [5, 5.41) is 11.2. The first-order chi connectivity index (χ1) is 9.52. The standard InChI is InChI=1S/C14H16BrNO4/c1-16-13(17)3-2-8-20-12-6-5-11(15)9-10(12)4-7-14(18)19/h4-7,9H,2-3,8H2,1H3,(H,16,17)(H,18,19). The van der Waals surface area contributed by atoms with Crippen LogP contribution in [0.2, 0.25) is 0 Å². The van der Waals surface area contributed by atoms with Crippen LogP contribution in [0, 0.1) is 0 Å². The monoisotopic (exact) mass is 341 g/mol. The first-order valence-electron chi connectivity index (χ1n) is 6.07. The van der Waals surface area contributed by atoms with Gasteiger partial charge in [0.2, 0.25) is 5.91 Å². The molecule has 0 aliphatic heterocycles. The second-order valence-corrected chi connectivity index (χ2v) is 4.89. The Morgan fingerprint density at radius 3 is 2.85 bits per heavy atom. The molecule has 0 spiro atoms. The Morgan fingerprint density at radius 2 is 2.20 bits per heavy atom. The summed E-state index contributed by atoms with van der Waals surface area (Å²) >= 11 is 3.32. The summed E-state index contributed by atoms with van der Waals surface area (Å²) in [4.78, 5) is 21.6. The fraction of sp³-hybridized carbons (Fsp3) is 0.286. The largest absolute Gasteiger partial charge is 0.493 e. The van der Waals surface area contributed by atoms with Crippen molar-refractivity contribution in [3.05, 3.63) is 34.3 Å². The third kappa shape index (κ3) is 5.88. The van der Waals surface area contributed by atoms with Gasteiger partial charge in [0, 0.05) is 29.6 Å². The molecule has 0 saturated heterocycles. The van der Waals surface area contributed by atoms with Crippen molar-refractivity contribution in [2.24, 2.45) is 0 Å². The Kier molecular flexibility index (Phi) is 6.79. The third-order valence-corrected chi connectivity index (χ3v) is 2.96. The van der Waals surface area contributed by atoms with Crippen LogP contribution in [0.3, 0.4) is 0 Å². The predicted octanol–water partition coefficient (Wildman–Crippen LogP) is 2.45. The highest BCUT2D eigenvalue weighted by molar-refractivity contribution is 9.10. The van der Waals surface area contributed by atoms with E-state index < -0.39 is 5.97 Å². The van der Waals surface area contributed by atoms with Gasteiger partial charge in [-0.25, -0.2) is 4.79 Å². The van der Waals surface area contributed by atoms with Crippen molar-refractivity contribution in [2.45, 2.75) is 12.8 Å². The third-order valence-electron chi connectivity index (χ3n) is 2.46. The summed E-state index contributed by atoms with van der Waals surface area (Å²) in [7, 11) is 1.59. The van der Waals surface area contributed by atoms with Gasteiger partial charge < -0.3 is 15.2 Å². The summed E-state index contributed by atoms with van der Waals surface area (Å²) in [6.45, 7) is 0.392. The van der Waals surface area contributed by atoms with E-state index in [0.29, 0.717) is 30.8 Å². The predicted molar refractivity (Wildman–Crippen MR) is 79.6 cm³/mol. The maximum Gasteiger partial charge on any atom is 0.328 e. The number of amides is 1. The average molecular weight is 342 g/mol. The van der Waals surface area contributed by atoms with Crippen LogP contribution < -0.4 is 10.1 Å². The first kappa shape index (κ1) is 16.2. The fourth-order valence-corrected chi connectivity index (χ4v) is 1.86. The number of nitrogens with one attached hydrogen (secondary N) is 1. The van der Waals surface area contributed by atoms with Crippen molar-refractivity contribution in [1.82, 2.24) is 5.32 Å². The average Bonchev–Trinajstić information content (AvgIpc) is 2.42. The minimum atomic E-state index is -1.02. The summed E-state index contributed by atoms with van der Waals surface area (Å²) in [5.41, 5.74) is 0.668. The molecule has 1 amide bonds. The first-order valence-corrected chi connectivity index (χ1v) is 6.86. The summed E-state index contributed by atoms with van der Waals surface area (Å²) < 4.78 is 6.41. The molecule has 0 fully saturated rings. The molecule has 0 heterocycles. The normalized spacial score (nSPS) is 10.5. The molecule has 0 atom stereocenters. The number of halogens is 1. The van der Waals surface area contributed by atoms with Crippen molar-refractivity contribution in [1.29, 1.82) is 0 Å². The Balaban J connectivity index is 2.64. The van der Waals surface area contributed by atoms with Gasteiger partial charge in [-0.3, -0.25) is 4.79 Å². The SMILES string of the molecule is CNC(=O)CCCOc1ccc(Br)cc1C=CC(=O)O. The maximum absolute atomic E-state index is 11.1. The lowest BCUT2D eigenvalue weighted by molar-refractivity contribution is -0.131. The number of carbonyl (C=O) groups excluding carboxylic acids is 1. The number of ether oxygens (including phenoxy) is 1. The molecule has 1 aromatic rings. The second-order valence-electron chi connectivity index (χ2n) is 3.98. The van der Waals surface area contributed by atoms with Crippen LogP contribution in [-0.4, -0.2) is 30.6 Å². The van der Waals surface area contributed by atoms with Crippen LogP contribution in [0.4, 0.5) is 0 Å². The molecule has 0 bridgehead atoms. The van der Waals surface area contributed by atoms with E-state index in [9.17, 15) is 9.59 Å². The van der Waals surface area contributed by atoms with Crippen LogP contribution in [0.25, 0.3) is 6.08 Å². The number of hydrogen-bond acceptors (Lipinski definition) is 3. The summed E-state index contributed by atoms with van der Waals surface area (Å²) in [6, 6.07) is 5.34. The zero-order chi connectivity index (χ0) is 15.0. The van der Waals surface area contributed by atoms with E-state index in [1.165, 1.54) is 6.08 Å². The summed E-state index contributed by atoms with van der Waals surface area (Å²) in [6.07, 6.45) is 3.52. The van der Waals surface area contributed by atoms with Gasteiger partial charge in [-0.1, -0.05) is 15.9 Å². The number of aliphatic carboxylic acids is 1. The van der Waals surface area contributed by atoms with Gasteiger partial charge in [-0.05, 0) is 30.7 Å². The van der Waals surface area contributed by atoms with Crippen molar-refractivity contribution in [2.75, 3.05) is 13.7 Å². The van der Waals surface area contributed by atoms with Gasteiger partial charge in [-0.2, -0.15) is 0 Å². The van der Waals surface area contributed by atoms with E-state index in [1.54, 1.807) is 19.2 Å². The molecule has 6 heteroatoms. The summed E-state index contributed by atoms with van der Waals surface area (Å²) in [5.74, 6) is -0.464. The number of carbonyl (C=O) groups is 2. The Labute approximate surface area is 125 Å². The number of hydrogen-bond donors (Lipinski definition) is 2. The molecule has 0 radical (unpaired) electrons.